The number of benzene rings is 2. The van der Waals surface area contributed by atoms with Gasteiger partial charge in [-0.2, -0.15) is 0 Å². The van der Waals surface area contributed by atoms with Crippen LogP contribution in [0, 0.1) is 0 Å². The summed E-state index contributed by atoms with van der Waals surface area (Å²) in [4.78, 5) is 28.0. The van der Waals surface area contributed by atoms with Crippen LogP contribution in [0.15, 0.2) is 40.9 Å². The zero-order chi connectivity index (χ0) is 26.3. The van der Waals surface area contributed by atoms with Gasteiger partial charge in [0, 0.05) is 12.6 Å². The van der Waals surface area contributed by atoms with E-state index in [1.54, 1.807) is 23.1 Å². The van der Waals surface area contributed by atoms with E-state index in [0.29, 0.717) is 22.2 Å². The lowest BCUT2D eigenvalue weighted by Crippen LogP contribution is -2.51. The lowest BCUT2D eigenvalue weighted by Gasteiger charge is -2.31. The molecule has 0 bridgehead atoms. The Labute approximate surface area is 227 Å². The molecule has 0 spiro atoms. The molecule has 2 amide bonds. The summed E-state index contributed by atoms with van der Waals surface area (Å²) in [6.45, 7) is 12.2. The normalized spacial score (nSPS) is 13.2. The van der Waals surface area contributed by atoms with Gasteiger partial charge in [0.25, 0.3) is 5.91 Å². The minimum Gasteiger partial charge on any atom is -0.483 e. The number of nitrogens with one attached hydrogen (secondary N) is 1. The monoisotopic (exact) mass is 584 g/mol. The number of nitrogens with zero attached hydrogens (tertiary/aromatic N) is 1. The molecule has 0 saturated carbocycles. The van der Waals surface area contributed by atoms with Crippen molar-refractivity contribution in [3.63, 3.8) is 0 Å². The van der Waals surface area contributed by atoms with Gasteiger partial charge in [-0.3, -0.25) is 9.59 Å². The smallest absolute Gasteiger partial charge is 0.261 e. The predicted molar refractivity (Wildman–Crippen MR) is 147 cm³/mol. The van der Waals surface area contributed by atoms with Crippen LogP contribution in [0.1, 0.15) is 65.5 Å². The van der Waals surface area contributed by atoms with E-state index in [-0.39, 0.29) is 36.4 Å². The van der Waals surface area contributed by atoms with Gasteiger partial charge >= 0.3 is 0 Å². The largest absolute Gasteiger partial charge is 0.483 e. The van der Waals surface area contributed by atoms with Crippen molar-refractivity contribution in [1.82, 2.24) is 10.2 Å². The molecule has 2 aromatic rings. The summed E-state index contributed by atoms with van der Waals surface area (Å²) in [5.74, 6) is 0.0814. The van der Waals surface area contributed by atoms with Crippen LogP contribution in [0.5, 0.6) is 5.75 Å². The molecule has 0 aliphatic heterocycles. The molecule has 2 aromatic carbocycles. The molecule has 35 heavy (non-hydrogen) atoms. The molecule has 2 atom stereocenters. The van der Waals surface area contributed by atoms with E-state index in [2.05, 4.69) is 42.0 Å². The Morgan fingerprint density at radius 2 is 1.74 bits per heavy atom. The van der Waals surface area contributed by atoms with Crippen molar-refractivity contribution < 1.29 is 14.3 Å². The van der Waals surface area contributed by atoms with Gasteiger partial charge in [-0.15, -0.1) is 0 Å². The van der Waals surface area contributed by atoms with Gasteiger partial charge in [-0.1, -0.05) is 70.0 Å². The topological polar surface area (TPSA) is 58.6 Å². The maximum atomic E-state index is 13.4. The first-order chi connectivity index (χ1) is 16.4. The summed E-state index contributed by atoms with van der Waals surface area (Å²) in [6, 6.07) is 10.4. The Bertz CT molecular complexity index is 1040. The van der Waals surface area contributed by atoms with Crippen LogP contribution < -0.4 is 10.1 Å². The summed E-state index contributed by atoms with van der Waals surface area (Å²) < 4.78 is 6.66. The Hall–Kier alpha value is -1.76. The number of amides is 2. The van der Waals surface area contributed by atoms with Crippen LogP contribution >= 0.6 is 39.1 Å². The van der Waals surface area contributed by atoms with Crippen LogP contribution in [0.25, 0.3) is 0 Å². The first kappa shape index (κ1) is 29.5. The minimum absolute atomic E-state index is 0.00650. The van der Waals surface area contributed by atoms with Gasteiger partial charge in [0.15, 0.2) is 6.61 Å². The standard InChI is InChI=1S/C27H35BrCl2N2O3/c1-7-17(3)31-26(34)23(8-2)32(15-18-9-11-21(29)22(30)13-18)25(33)16-35-24-12-10-19(14-20(24)28)27(4,5)6/h9-14,17,23H,7-8,15-16H2,1-6H3,(H,31,34). The SMILES string of the molecule is CCC(C)NC(=O)C(CC)N(Cc1ccc(Cl)c(Cl)c1)C(=O)COc1ccc(C(C)(C)C)cc1Br. The van der Waals surface area contributed by atoms with E-state index in [4.69, 9.17) is 27.9 Å². The zero-order valence-corrected chi connectivity index (χ0v) is 24.4. The highest BCUT2D eigenvalue weighted by atomic mass is 79.9. The van der Waals surface area contributed by atoms with Crippen molar-refractivity contribution in [2.24, 2.45) is 0 Å². The third-order valence-electron chi connectivity index (χ3n) is 5.87. The van der Waals surface area contributed by atoms with Crippen LogP contribution in [-0.2, 0) is 21.5 Å². The van der Waals surface area contributed by atoms with Gasteiger partial charge < -0.3 is 15.0 Å². The number of hydrogen-bond donors (Lipinski definition) is 1. The molecule has 0 fully saturated rings. The number of carbonyl (C=O) groups is 2. The maximum Gasteiger partial charge on any atom is 0.261 e. The number of ether oxygens (including phenoxy) is 1. The van der Waals surface area contributed by atoms with E-state index >= 15 is 0 Å². The van der Waals surface area contributed by atoms with Crippen LogP contribution in [0.3, 0.4) is 0 Å². The molecule has 1 N–H and O–H groups in total. The first-order valence-electron chi connectivity index (χ1n) is 11.8. The van der Waals surface area contributed by atoms with Gasteiger partial charge in [0.2, 0.25) is 5.91 Å². The molecule has 0 aromatic heterocycles. The fourth-order valence-corrected chi connectivity index (χ4v) is 4.32. The molecular formula is C27H35BrCl2N2O3. The molecule has 0 saturated heterocycles. The highest BCUT2D eigenvalue weighted by Crippen LogP contribution is 2.31. The summed E-state index contributed by atoms with van der Waals surface area (Å²) in [6.07, 6.45) is 1.25. The van der Waals surface area contributed by atoms with E-state index < -0.39 is 6.04 Å². The molecule has 0 aliphatic carbocycles. The van der Waals surface area contributed by atoms with Gasteiger partial charge in [0.05, 0.1) is 14.5 Å². The molecule has 0 aliphatic rings. The number of carbonyl (C=O) groups excluding carboxylic acids is 2. The average molecular weight is 586 g/mol. The highest BCUT2D eigenvalue weighted by molar-refractivity contribution is 9.10. The Balaban J connectivity index is 2.27. The van der Waals surface area contributed by atoms with Crippen molar-refractivity contribution in [2.75, 3.05) is 6.61 Å². The first-order valence-corrected chi connectivity index (χ1v) is 13.4. The summed E-state index contributed by atoms with van der Waals surface area (Å²) >= 11 is 15.8. The van der Waals surface area contributed by atoms with Crippen LogP contribution in [0.4, 0.5) is 0 Å². The molecule has 0 heterocycles. The second-order valence-corrected chi connectivity index (χ2v) is 11.4. The van der Waals surface area contributed by atoms with Crippen molar-refractivity contribution >= 4 is 50.9 Å². The second kappa shape index (κ2) is 13.0. The molecule has 2 rings (SSSR count). The second-order valence-electron chi connectivity index (χ2n) is 9.70. The molecule has 5 nitrogen and oxygen atoms in total. The fourth-order valence-electron chi connectivity index (χ4n) is 3.50. The van der Waals surface area contributed by atoms with E-state index in [1.807, 2.05) is 39.0 Å². The molecular weight excluding hydrogens is 551 g/mol. The van der Waals surface area contributed by atoms with E-state index in [1.165, 1.54) is 0 Å². The number of hydrogen-bond acceptors (Lipinski definition) is 3. The highest BCUT2D eigenvalue weighted by Gasteiger charge is 2.30. The third-order valence-corrected chi connectivity index (χ3v) is 7.23. The fraction of sp³-hybridized carbons (Fsp3) is 0.481. The van der Waals surface area contributed by atoms with E-state index in [9.17, 15) is 9.59 Å². The summed E-state index contributed by atoms with van der Waals surface area (Å²) in [5, 5.41) is 3.83. The van der Waals surface area contributed by atoms with Crippen molar-refractivity contribution in [1.29, 1.82) is 0 Å². The Kier molecular flexibility index (Phi) is 10.9. The van der Waals surface area contributed by atoms with Crippen molar-refractivity contribution in [3.8, 4) is 5.75 Å². The lowest BCUT2D eigenvalue weighted by atomic mass is 9.87. The van der Waals surface area contributed by atoms with E-state index in [0.717, 1.165) is 22.0 Å². The maximum absolute atomic E-state index is 13.4. The van der Waals surface area contributed by atoms with Crippen LogP contribution in [0.2, 0.25) is 10.0 Å². The molecule has 8 heteroatoms. The summed E-state index contributed by atoms with van der Waals surface area (Å²) in [5.41, 5.74) is 1.92. The van der Waals surface area contributed by atoms with Crippen LogP contribution in [-0.4, -0.2) is 35.4 Å². The van der Waals surface area contributed by atoms with Crippen molar-refractivity contribution in [2.45, 2.75) is 78.4 Å². The Morgan fingerprint density at radius 1 is 1.06 bits per heavy atom. The van der Waals surface area contributed by atoms with Gasteiger partial charge in [-0.25, -0.2) is 0 Å². The van der Waals surface area contributed by atoms with Gasteiger partial charge in [-0.05, 0) is 76.5 Å². The molecule has 192 valence electrons. The minimum atomic E-state index is -0.652. The number of rotatable bonds is 10. The molecule has 0 radical (unpaired) electrons. The Morgan fingerprint density at radius 3 is 2.29 bits per heavy atom. The quantitative estimate of drug-likeness (QED) is 0.322. The third kappa shape index (κ3) is 8.40. The lowest BCUT2D eigenvalue weighted by molar-refractivity contribution is -0.143. The molecule has 2 unspecified atom stereocenters. The predicted octanol–water partition coefficient (Wildman–Crippen LogP) is 7.15. The van der Waals surface area contributed by atoms with Crippen molar-refractivity contribution in [3.05, 3.63) is 62.0 Å². The number of halogens is 3. The van der Waals surface area contributed by atoms with Gasteiger partial charge in [0.1, 0.15) is 11.8 Å². The summed E-state index contributed by atoms with van der Waals surface area (Å²) in [7, 11) is 0. The average Bonchev–Trinajstić information content (AvgIpc) is 2.79. The zero-order valence-electron chi connectivity index (χ0n) is 21.3.